The largest absolute Gasteiger partial charge is 0.339 e. The molecule has 0 saturated carbocycles. The summed E-state index contributed by atoms with van der Waals surface area (Å²) in [6.45, 7) is 1.06. The molecule has 0 spiro atoms. The molecule has 0 bridgehead atoms. The van der Waals surface area contributed by atoms with Gasteiger partial charge in [-0.15, -0.1) is 0 Å². The normalized spacial score (nSPS) is 15.0. The summed E-state index contributed by atoms with van der Waals surface area (Å²) in [5.74, 6) is -0.377. The van der Waals surface area contributed by atoms with Gasteiger partial charge in [-0.05, 0) is 30.9 Å². The smallest absolute Gasteiger partial charge is 0.254 e. The molecule has 144 valence electrons. The predicted octanol–water partition coefficient (Wildman–Crippen LogP) is 4.11. The van der Waals surface area contributed by atoms with Crippen LogP contribution < -0.4 is 0 Å². The van der Waals surface area contributed by atoms with Crippen LogP contribution in [0.4, 0.5) is 8.78 Å². The van der Waals surface area contributed by atoms with Gasteiger partial charge in [-0.1, -0.05) is 35.5 Å². The number of aromatic nitrogens is 2. The molecule has 2 aromatic carbocycles. The van der Waals surface area contributed by atoms with Crippen LogP contribution in [0.5, 0.6) is 0 Å². The molecule has 1 aromatic heterocycles. The van der Waals surface area contributed by atoms with Crippen molar-refractivity contribution >= 4 is 5.91 Å². The number of carbonyl (C=O) groups is 1. The first-order valence-electron chi connectivity index (χ1n) is 9.22. The van der Waals surface area contributed by atoms with Gasteiger partial charge in [0.05, 0.1) is 0 Å². The van der Waals surface area contributed by atoms with Crippen molar-refractivity contribution in [2.45, 2.75) is 19.3 Å². The Morgan fingerprint density at radius 3 is 2.43 bits per heavy atom. The van der Waals surface area contributed by atoms with Crippen LogP contribution >= 0.6 is 0 Å². The number of nitrogens with zero attached hydrogens (tertiary/aromatic N) is 3. The number of benzene rings is 2. The standard InChI is InChI=1S/C21H19F2N3O2/c22-17-11-16(12-18(23)13-17)21(27)26-8-6-14(7-9-26)10-19-24-20(25-28-19)15-4-2-1-3-5-15/h1-5,11-14H,6-10H2. The molecular formula is C21H19F2N3O2. The monoisotopic (exact) mass is 383 g/mol. The highest BCUT2D eigenvalue weighted by atomic mass is 19.1. The van der Waals surface area contributed by atoms with Crippen LogP contribution in [0, 0.1) is 17.6 Å². The van der Waals surface area contributed by atoms with E-state index in [0.29, 0.717) is 37.1 Å². The van der Waals surface area contributed by atoms with Crippen molar-refractivity contribution in [1.82, 2.24) is 15.0 Å². The van der Waals surface area contributed by atoms with Crippen molar-refractivity contribution in [3.05, 3.63) is 71.6 Å². The molecule has 2 heterocycles. The fraction of sp³-hybridized carbons (Fsp3) is 0.286. The molecule has 7 heteroatoms. The molecule has 5 nitrogen and oxygen atoms in total. The number of hydrogen-bond acceptors (Lipinski definition) is 4. The van der Waals surface area contributed by atoms with Crippen molar-refractivity contribution in [3.8, 4) is 11.4 Å². The summed E-state index contributed by atoms with van der Waals surface area (Å²) in [7, 11) is 0. The molecule has 3 aromatic rings. The molecule has 0 unspecified atom stereocenters. The molecule has 1 aliphatic rings. The van der Waals surface area contributed by atoms with Crippen LogP contribution in [0.1, 0.15) is 29.1 Å². The first-order chi connectivity index (χ1) is 13.6. The maximum absolute atomic E-state index is 13.4. The molecule has 4 rings (SSSR count). The summed E-state index contributed by atoms with van der Waals surface area (Å²) >= 11 is 0. The summed E-state index contributed by atoms with van der Waals surface area (Å²) in [6.07, 6.45) is 2.19. The first-order valence-corrected chi connectivity index (χ1v) is 9.22. The lowest BCUT2D eigenvalue weighted by molar-refractivity contribution is 0.0686. The van der Waals surface area contributed by atoms with E-state index in [1.807, 2.05) is 30.3 Å². The Hall–Kier alpha value is -3.09. The van der Waals surface area contributed by atoms with Gasteiger partial charge in [0.2, 0.25) is 11.7 Å². The minimum atomic E-state index is -0.746. The van der Waals surface area contributed by atoms with E-state index in [1.54, 1.807) is 4.90 Å². The molecule has 1 amide bonds. The number of carbonyl (C=O) groups excluding carboxylic acids is 1. The van der Waals surface area contributed by atoms with Crippen LogP contribution in [-0.4, -0.2) is 34.0 Å². The van der Waals surface area contributed by atoms with Crippen LogP contribution in [0.25, 0.3) is 11.4 Å². The Bertz CT molecular complexity index is 947. The van der Waals surface area contributed by atoms with E-state index in [1.165, 1.54) is 0 Å². The third kappa shape index (κ3) is 4.08. The molecule has 28 heavy (non-hydrogen) atoms. The average Bonchev–Trinajstić information content (AvgIpc) is 3.16. The van der Waals surface area contributed by atoms with Gasteiger partial charge in [0.25, 0.3) is 5.91 Å². The zero-order valence-corrected chi connectivity index (χ0v) is 15.1. The van der Waals surface area contributed by atoms with Crippen molar-refractivity contribution in [2.24, 2.45) is 5.92 Å². The summed E-state index contributed by atoms with van der Waals surface area (Å²) in [5, 5.41) is 4.03. The summed E-state index contributed by atoms with van der Waals surface area (Å²) in [6, 6.07) is 12.5. The molecule has 1 aliphatic heterocycles. The Morgan fingerprint density at radius 1 is 1.07 bits per heavy atom. The molecular weight excluding hydrogens is 364 g/mol. The second kappa shape index (κ2) is 7.88. The molecule has 0 N–H and O–H groups in total. The predicted molar refractivity (Wildman–Crippen MR) is 98.4 cm³/mol. The minimum Gasteiger partial charge on any atom is -0.339 e. The fourth-order valence-electron chi connectivity index (χ4n) is 3.49. The Morgan fingerprint density at radius 2 is 1.75 bits per heavy atom. The van der Waals surface area contributed by atoms with Gasteiger partial charge >= 0.3 is 0 Å². The number of likely N-dealkylation sites (tertiary alicyclic amines) is 1. The minimum absolute atomic E-state index is 0.0420. The van der Waals surface area contributed by atoms with Gasteiger partial charge in [0.15, 0.2) is 0 Å². The quantitative estimate of drug-likeness (QED) is 0.680. The second-order valence-electron chi connectivity index (χ2n) is 6.98. The fourth-order valence-corrected chi connectivity index (χ4v) is 3.49. The Balaban J connectivity index is 1.34. The summed E-state index contributed by atoms with van der Waals surface area (Å²) < 4.78 is 32.1. The number of amides is 1. The molecule has 0 radical (unpaired) electrons. The molecule has 0 atom stereocenters. The highest BCUT2D eigenvalue weighted by Gasteiger charge is 2.26. The SMILES string of the molecule is O=C(c1cc(F)cc(F)c1)N1CCC(Cc2nc(-c3ccccc3)no2)CC1. The second-order valence-corrected chi connectivity index (χ2v) is 6.98. The van der Waals surface area contributed by atoms with Gasteiger partial charge in [-0.2, -0.15) is 4.98 Å². The average molecular weight is 383 g/mol. The van der Waals surface area contributed by atoms with Gasteiger partial charge < -0.3 is 9.42 Å². The first kappa shape index (κ1) is 18.3. The zero-order valence-electron chi connectivity index (χ0n) is 15.1. The van der Waals surface area contributed by atoms with Crippen molar-refractivity contribution in [1.29, 1.82) is 0 Å². The van der Waals surface area contributed by atoms with Gasteiger partial charge in [0.1, 0.15) is 11.6 Å². The van der Waals surface area contributed by atoms with E-state index in [9.17, 15) is 13.6 Å². The summed E-state index contributed by atoms with van der Waals surface area (Å²) in [5.41, 5.74) is 0.945. The highest BCUT2D eigenvalue weighted by molar-refractivity contribution is 5.94. The maximum Gasteiger partial charge on any atom is 0.254 e. The topological polar surface area (TPSA) is 59.2 Å². The van der Waals surface area contributed by atoms with E-state index in [4.69, 9.17) is 4.52 Å². The van der Waals surface area contributed by atoms with Crippen molar-refractivity contribution in [2.75, 3.05) is 13.1 Å². The lowest BCUT2D eigenvalue weighted by Crippen LogP contribution is -2.39. The van der Waals surface area contributed by atoms with Crippen LogP contribution in [0.15, 0.2) is 53.1 Å². The molecule has 0 aliphatic carbocycles. The lowest BCUT2D eigenvalue weighted by Gasteiger charge is -2.31. The van der Waals surface area contributed by atoms with E-state index in [-0.39, 0.29) is 11.5 Å². The van der Waals surface area contributed by atoms with Crippen molar-refractivity contribution in [3.63, 3.8) is 0 Å². The maximum atomic E-state index is 13.4. The zero-order chi connectivity index (χ0) is 19.5. The van der Waals surface area contributed by atoms with Gasteiger partial charge in [0, 0.05) is 36.7 Å². The van der Waals surface area contributed by atoms with Crippen molar-refractivity contribution < 1.29 is 18.1 Å². The van der Waals surface area contributed by atoms with E-state index < -0.39 is 11.6 Å². The third-order valence-electron chi connectivity index (χ3n) is 4.97. The summed E-state index contributed by atoms with van der Waals surface area (Å²) in [4.78, 5) is 18.6. The number of halogens is 2. The van der Waals surface area contributed by atoms with E-state index in [0.717, 1.165) is 36.6 Å². The molecule has 1 fully saturated rings. The molecule has 1 saturated heterocycles. The lowest BCUT2D eigenvalue weighted by atomic mass is 9.93. The van der Waals surface area contributed by atoms with Gasteiger partial charge in [-0.25, -0.2) is 8.78 Å². The third-order valence-corrected chi connectivity index (χ3v) is 4.97. The highest BCUT2D eigenvalue weighted by Crippen LogP contribution is 2.24. The Labute approximate surface area is 161 Å². The number of piperidine rings is 1. The van der Waals surface area contributed by atoms with E-state index in [2.05, 4.69) is 10.1 Å². The van der Waals surface area contributed by atoms with Gasteiger partial charge in [-0.3, -0.25) is 4.79 Å². The number of rotatable bonds is 4. The van der Waals surface area contributed by atoms with E-state index >= 15 is 0 Å². The Kier molecular flexibility index (Phi) is 5.14. The number of hydrogen-bond donors (Lipinski definition) is 0. The van der Waals surface area contributed by atoms with Crippen LogP contribution in [0.2, 0.25) is 0 Å². The van der Waals surface area contributed by atoms with Crippen LogP contribution in [0.3, 0.4) is 0 Å². The van der Waals surface area contributed by atoms with Crippen LogP contribution in [-0.2, 0) is 6.42 Å².